The average molecular weight is 280 g/mol. The molecule has 2 N–H and O–H groups in total. The maximum absolute atomic E-state index is 11.8. The summed E-state index contributed by atoms with van der Waals surface area (Å²) in [5.74, 6) is 1.48. The van der Waals surface area contributed by atoms with Gasteiger partial charge in [-0.1, -0.05) is 6.07 Å². The molecule has 0 spiro atoms. The van der Waals surface area contributed by atoms with Crippen LogP contribution >= 0.6 is 0 Å². The van der Waals surface area contributed by atoms with Gasteiger partial charge in [0.15, 0.2) is 0 Å². The molecule has 0 bridgehead atoms. The second-order valence-electron chi connectivity index (χ2n) is 4.94. The first-order valence-corrected chi connectivity index (χ1v) is 6.72. The summed E-state index contributed by atoms with van der Waals surface area (Å²) in [7, 11) is 3.23. The minimum atomic E-state index is -0.260. The SMILES string of the molecule is COc1ccc(CNC(C)C(=O)NC(C)C)c(OC)c1. The van der Waals surface area contributed by atoms with Crippen LogP contribution in [0.25, 0.3) is 0 Å². The molecule has 0 aliphatic rings. The van der Waals surface area contributed by atoms with Gasteiger partial charge in [-0.2, -0.15) is 0 Å². The van der Waals surface area contributed by atoms with Gasteiger partial charge in [0.1, 0.15) is 11.5 Å². The summed E-state index contributed by atoms with van der Waals surface area (Å²) in [4.78, 5) is 11.8. The monoisotopic (exact) mass is 280 g/mol. The third-order valence-electron chi connectivity index (χ3n) is 2.92. The van der Waals surface area contributed by atoms with E-state index in [0.717, 1.165) is 17.1 Å². The van der Waals surface area contributed by atoms with Crippen LogP contribution in [0, 0.1) is 0 Å². The molecule has 20 heavy (non-hydrogen) atoms. The van der Waals surface area contributed by atoms with Gasteiger partial charge in [-0.25, -0.2) is 0 Å². The van der Waals surface area contributed by atoms with E-state index >= 15 is 0 Å². The van der Waals surface area contributed by atoms with Crippen molar-refractivity contribution in [2.24, 2.45) is 0 Å². The Morgan fingerprint density at radius 1 is 1.20 bits per heavy atom. The first-order chi connectivity index (χ1) is 9.47. The van der Waals surface area contributed by atoms with Crippen LogP contribution in [0.15, 0.2) is 18.2 Å². The van der Waals surface area contributed by atoms with E-state index in [2.05, 4.69) is 10.6 Å². The molecular weight excluding hydrogens is 256 g/mol. The lowest BCUT2D eigenvalue weighted by molar-refractivity contribution is -0.123. The number of benzene rings is 1. The predicted octanol–water partition coefficient (Wildman–Crippen LogP) is 1.71. The summed E-state index contributed by atoms with van der Waals surface area (Å²) in [5, 5.41) is 6.06. The van der Waals surface area contributed by atoms with E-state index in [9.17, 15) is 4.79 Å². The Hall–Kier alpha value is -1.75. The number of carbonyl (C=O) groups is 1. The Morgan fingerprint density at radius 2 is 1.90 bits per heavy atom. The Morgan fingerprint density at radius 3 is 2.45 bits per heavy atom. The fourth-order valence-corrected chi connectivity index (χ4v) is 1.76. The standard InChI is InChI=1S/C15H24N2O3/c1-10(2)17-15(18)11(3)16-9-12-6-7-13(19-4)8-14(12)20-5/h6-8,10-11,16H,9H2,1-5H3,(H,17,18). The van der Waals surface area contributed by atoms with Gasteiger partial charge >= 0.3 is 0 Å². The Labute approximate surface area is 120 Å². The van der Waals surface area contributed by atoms with Crippen molar-refractivity contribution < 1.29 is 14.3 Å². The highest BCUT2D eigenvalue weighted by atomic mass is 16.5. The quantitative estimate of drug-likeness (QED) is 0.798. The van der Waals surface area contributed by atoms with E-state index in [1.807, 2.05) is 39.0 Å². The van der Waals surface area contributed by atoms with Crippen molar-refractivity contribution in [1.29, 1.82) is 0 Å². The van der Waals surface area contributed by atoms with Crippen molar-refractivity contribution in [2.75, 3.05) is 14.2 Å². The smallest absolute Gasteiger partial charge is 0.237 e. The molecule has 1 atom stereocenters. The van der Waals surface area contributed by atoms with Crippen LogP contribution in [-0.2, 0) is 11.3 Å². The maximum Gasteiger partial charge on any atom is 0.237 e. The molecule has 1 rings (SSSR count). The lowest BCUT2D eigenvalue weighted by Crippen LogP contribution is -2.44. The third-order valence-corrected chi connectivity index (χ3v) is 2.92. The summed E-state index contributed by atoms with van der Waals surface area (Å²) in [6.45, 7) is 6.28. The highest BCUT2D eigenvalue weighted by molar-refractivity contribution is 5.81. The molecule has 0 saturated heterocycles. The summed E-state index contributed by atoms with van der Waals surface area (Å²) in [6.07, 6.45) is 0. The zero-order valence-corrected chi connectivity index (χ0v) is 12.8. The lowest BCUT2D eigenvalue weighted by atomic mass is 10.1. The molecule has 5 heteroatoms. The van der Waals surface area contributed by atoms with Gasteiger partial charge in [-0.15, -0.1) is 0 Å². The highest BCUT2D eigenvalue weighted by Crippen LogP contribution is 2.24. The Balaban J connectivity index is 2.63. The molecule has 5 nitrogen and oxygen atoms in total. The van der Waals surface area contributed by atoms with E-state index in [1.54, 1.807) is 14.2 Å². The average Bonchev–Trinajstić information content (AvgIpc) is 2.43. The number of rotatable bonds is 7. The van der Waals surface area contributed by atoms with Crippen LogP contribution in [0.1, 0.15) is 26.3 Å². The van der Waals surface area contributed by atoms with Crippen LogP contribution in [0.4, 0.5) is 0 Å². The van der Waals surface area contributed by atoms with E-state index in [0.29, 0.717) is 6.54 Å². The van der Waals surface area contributed by atoms with Gasteiger partial charge in [-0.05, 0) is 26.8 Å². The highest BCUT2D eigenvalue weighted by Gasteiger charge is 2.14. The molecular formula is C15H24N2O3. The minimum Gasteiger partial charge on any atom is -0.497 e. The molecule has 1 amide bonds. The number of hydrogen-bond acceptors (Lipinski definition) is 4. The van der Waals surface area contributed by atoms with E-state index in [-0.39, 0.29) is 18.0 Å². The number of ether oxygens (including phenoxy) is 2. The summed E-state index contributed by atoms with van der Waals surface area (Å²) in [5.41, 5.74) is 0.984. The van der Waals surface area contributed by atoms with Crippen LogP contribution in [0.2, 0.25) is 0 Å². The van der Waals surface area contributed by atoms with Crippen molar-refractivity contribution in [1.82, 2.24) is 10.6 Å². The molecule has 112 valence electrons. The van der Waals surface area contributed by atoms with E-state index < -0.39 is 0 Å². The molecule has 1 aromatic carbocycles. The van der Waals surface area contributed by atoms with Gasteiger partial charge < -0.3 is 20.1 Å². The van der Waals surface area contributed by atoms with Crippen LogP contribution in [0.3, 0.4) is 0 Å². The lowest BCUT2D eigenvalue weighted by Gasteiger charge is -2.17. The topological polar surface area (TPSA) is 59.6 Å². The second kappa shape index (κ2) is 7.75. The van der Waals surface area contributed by atoms with Crippen molar-refractivity contribution in [3.63, 3.8) is 0 Å². The first kappa shape index (κ1) is 16.3. The summed E-state index contributed by atoms with van der Waals surface area (Å²) in [6, 6.07) is 5.51. The molecule has 0 fully saturated rings. The zero-order chi connectivity index (χ0) is 15.1. The fourth-order valence-electron chi connectivity index (χ4n) is 1.76. The van der Waals surface area contributed by atoms with Crippen molar-refractivity contribution in [3.8, 4) is 11.5 Å². The normalized spacial score (nSPS) is 12.1. The fraction of sp³-hybridized carbons (Fsp3) is 0.533. The molecule has 0 aliphatic heterocycles. The van der Waals surface area contributed by atoms with Crippen LogP contribution < -0.4 is 20.1 Å². The first-order valence-electron chi connectivity index (χ1n) is 6.72. The van der Waals surface area contributed by atoms with E-state index in [1.165, 1.54) is 0 Å². The number of hydrogen-bond donors (Lipinski definition) is 2. The molecule has 0 radical (unpaired) electrons. The second-order valence-corrected chi connectivity index (χ2v) is 4.94. The van der Waals surface area contributed by atoms with Gasteiger partial charge in [0.05, 0.1) is 20.3 Å². The molecule has 0 saturated carbocycles. The number of nitrogens with one attached hydrogen (secondary N) is 2. The Kier molecular flexibility index (Phi) is 6.31. The van der Waals surface area contributed by atoms with Gasteiger partial charge in [0.25, 0.3) is 0 Å². The van der Waals surface area contributed by atoms with Gasteiger partial charge in [-0.3, -0.25) is 4.79 Å². The molecule has 0 heterocycles. The largest absolute Gasteiger partial charge is 0.497 e. The van der Waals surface area contributed by atoms with Gasteiger partial charge in [0, 0.05) is 24.2 Å². The zero-order valence-electron chi connectivity index (χ0n) is 12.8. The molecule has 1 aromatic rings. The van der Waals surface area contributed by atoms with Crippen molar-refractivity contribution in [2.45, 2.75) is 39.4 Å². The maximum atomic E-state index is 11.8. The predicted molar refractivity (Wildman–Crippen MR) is 79.1 cm³/mol. The number of carbonyl (C=O) groups excluding carboxylic acids is 1. The third kappa shape index (κ3) is 4.74. The Bertz CT molecular complexity index is 447. The minimum absolute atomic E-state index is 0.00696. The van der Waals surface area contributed by atoms with Crippen molar-refractivity contribution >= 4 is 5.91 Å². The van der Waals surface area contributed by atoms with Crippen molar-refractivity contribution in [3.05, 3.63) is 23.8 Å². The molecule has 1 unspecified atom stereocenters. The number of amides is 1. The number of methoxy groups -OCH3 is 2. The molecule has 0 aromatic heterocycles. The van der Waals surface area contributed by atoms with Crippen LogP contribution in [0.5, 0.6) is 11.5 Å². The summed E-state index contributed by atoms with van der Waals surface area (Å²) >= 11 is 0. The van der Waals surface area contributed by atoms with E-state index in [4.69, 9.17) is 9.47 Å². The molecule has 0 aliphatic carbocycles. The van der Waals surface area contributed by atoms with Gasteiger partial charge in [0.2, 0.25) is 5.91 Å². The summed E-state index contributed by atoms with van der Waals surface area (Å²) < 4.78 is 10.5. The van der Waals surface area contributed by atoms with Crippen LogP contribution in [-0.4, -0.2) is 32.2 Å².